The third kappa shape index (κ3) is 5.06. The number of carbonyl (C=O) groups excluding carboxylic acids is 1. The Balaban J connectivity index is 0.00000361. The van der Waals surface area contributed by atoms with Crippen LogP contribution in [0.15, 0.2) is 18.2 Å². The summed E-state index contributed by atoms with van der Waals surface area (Å²) in [5.74, 6) is -1.54. The summed E-state index contributed by atoms with van der Waals surface area (Å²) in [6, 6.07) is 2.84. The first-order valence-corrected chi connectivity index (χ1v) is 6.20. The molecule has 1 rings (SSSR count). The lowest BCUT2D eigenvalue weighted by molar-refractivity contribution is -0.122. The second-order valence-corrected chi connectivity index (χ2v) is 5.57. The van der Waals surface area contributed by atoms with Crippen molar-refractivity contribution >= 4 is 18.3 Å². The highest BCUT2D eigenvalue weighted by Gasteiger charge is 2.29. The predicted molar refractivity (Wildman–Crippen MR) is 77.6 cm³/mol. The van der Waals surface area contributed by atoms with E-state index in [2.05, 4.69) is 5.32 Å². The molecule has 0 aliphatic rings. The Kier molecular flexibility index (Phi) is 7.09. The van der Waals surface area contributed by atoms with Crippen LogP contribution >= 0.6 is 12.4 Å². The van der Waals surface area contributed by atoms with Crippen LogP contribution < -0.4 is 11.1 Å². The number of carbonyl (C=O) groups is 1. The maximum Gasteiger partial charge on any atom is 0.221 e. The van der Waals surface area contributed by atoms with Gasteiger partial charge in [-0.1, -0.05) is 26.8 Å². The van der Waals surface area contributed by atoms with Crippen molar-refractivity contribution in [2.45, 2.75) is 33.2 Å². The van der Waals surface area contributed by atoms with Crippen LogP contribution in [-0.4, -0.2) is 12.5 Å². The van der Waals surface area contributed by atoms with Crippen molar-refractivity contribution < 1.29 is 13.6 Å². The Bertz CT molecular complexity index is 461. The monoisotopic (exact) mass is 306 g/mol. The van der Waals surface area contributed by atoms with Crippen LogP contribution in [0.3, 0.4) is 0 Å². The lowest BCUT2D eigenvalue weighted by Gasteiger charge is -2.32. The number of hydrogen-bond acceptors (Lipinski definition) is 2. The molecule has 1 aromatic carbocycles. The van der Waals surface area contributed by atoms with E-state index in [0.29, 0.717) is 0 Å². The fourth-order valence-corrected chi connectivity index (χ4v) is 1.86. The van der Waals surface area contributed by atoms with Crippen molar-refractivity contribution in [1.29, 1.82) is 0 Å². The molecule has 6 heteroatoms. The van der Waals surface area contributed by atoms with Crippen LogP contribution in [0.4, 0.5) is 8.78 Å². The average Bonchev–Trinajstić information content (AvgIpc) is 2.25. The van der Waals surface area contributed by atoms with Crippen molar-refractivity contribution in [3.63, 3.8) is 0 Å². The summed E-state index contributed by atoms with van der Waals surface area (Å²) in [4.78, 5) is 11.7. The van der Waals surface area contributed by atoms with Gasteiger partial charge in [-0.15, -0.1) is 12.4 Å². The number of amides is 1. The van der Waals surface area contributed by atoms with Crippen LogP contribution in [0.2, 0.25) is 0 Å². The minimum absolute atomic E-state index is 0. The van der Waals surface area contributed by atoms with Crippen molar-refractivity contribution in [2.75, 3.05) is 6.54 Å². The number of halogens is 3. The zero-order valence-corrected chi connectivity index (χ0v) is 12.7. The van der Waals surface area contributed by atoms with Gasteiger partial charge >= 0.3 is 0 Å². The molecule has 0 saturated carbocycles. The van der Waals surface area contributed by atoms with Gasteiger partial charge in [-0.3, -0.25) is 4.79 Å². The van der Waals surface area contributed by atoms with Gasteiger partial charge in [0.2, 0.25) is 5.91 Å². The lowest BCUT2D eigenvalue weighted by atomic mass is 9.82. The Morgan fingerprint density at radius 1 is 1.35 bits per heavy atom. The molecule has 114 valence electrons. The summed E-state index contributed by atoms with van der Waals surface area (Å²) in [7, 11) is 0. The number of benzene rings is 1. The fraction of sp³-hybridized carbons (Fsp3) is 0.500. The Morgan fingerprint density at radius 3 is 2.40 bits per heavy atom. The van der Waals surface area contributed by atoms with E-state index in [0.717, 1.165) is 6.07 Å². The van der Waals surface area contributed by atoms with Gasteiger partial charge in [0, 0.05) is 24.6 Å². The molecule has 0 heterocycles. The van der Waals surface area contributed by atoms with Gasteiger partial charge in [-0.05, 0) is 11.5 Å². The summed E-state index contributed by atoms with van der Waals surface area (Å²) >= 11 is 0. The maximum atomic E-state index is 13.9. The Hall–Kier alpha value is -1.20. The first kappa shape index (κ1) is 18.8. The summed E-state index contributed by atoms with van der Waals surface area (Å²) in [5, 5.41) is 2.75. The van der Waals surface area contributed by atoms with Gasteiger partial charge in [0.25, 0.3) is 0 Å². The van der Waals surface area contributed by atoms with Gasteiger partial charge in [-0.25, -0.2) is 8.78 Å². The van der Waals surface area contributed by atoms with Crippen molar-refractivity contribution in [1.82, 2.24) is 5.32 Å². The SMILES string of the molecule is CC(C)(C)C(NC(=O)CCN)c1ccc(F)cc1F.Cl. The fourth-order valence-electron chi connectivity index (χ4n) is 1.86. The van der Waals surface area contributed by atoms with Crippen LogP contribution in [0, 0.1) is 17.0 Å². The summed E-state index contributed by atoms with van der Waals surface area (Å²) in [5.41, 5.74) is 5.20. The van der Waals surface area contributed by atoms with Crippen LogP contribution in [-0.2, 0) is 4.79 Å². The number of nitrogens with two attached hydrogens (primary N) is 1. The highest BCUT2D eigenvalue weighted by molar-refractivity contribution is 5.85. The molecular formula is C14H21ClF2N2O. The van der Waals surface area contributed by atoms with Gasteiger partial charge in [0.15, 0.2) is 0 Å². The largest absolute Gasteiger partial charge is 0.349 e. The number of rotatable bonds is 4. The standard InChI is InChI=1S/C14H20F2N2O.ClH/c1-14(2,3)13(18-12(19)6-7-17)10-5-4-9(15)8-11(10)16;/h4-5,8,13H,6-7,17H2,1-3H3,(H,18,19);1H. The molecule has 1 atom stereocenters. The molecule has 0 radical (unpaired) electrons. The molecule has 0 aliphatic heterocycles. The first-order valence-electron chi connectivity index (χ1n) is 6.20. The molecule has 0 bridgehead atoms. The van der Waals surface area contributed by atoms with E-state index >= 15 is 0 Å². The van der Waals surface area contributed by atoms with E-state index in [4.69, 9.17) is 5.73 Å². The zero-order chi connectivity index (χ0) is 14.6. The smallest absolute Gasteiger partial charge is 0.221 e. The molecule has 1 amide bonds. The second-order valence-electron chi connectivity index (χ2n) is 5.57. The van der Waals surface area contributed by atoms with Crippen LogP contribution in [0.25, 0.3) is 0 Å². The molecular weight excluding hydrogens is 286 g/mol. The minimum Gasteiger partial charge on any atom is -0.349 e. The third-order valence-corrected chi connectivity index (χ3v) is 2.82. The summed E-state index contributed by atoms with van der Waals surface area (Å²) in [6.45, 7) is 5.87. The number of nitrogens with one attached hydrogen (secondary N) is 1. The molecule has 0 aromatic heterocycles. The molecule has 0 saturated heterocycles. The van der Waals surface area contributed by atoms with E-state index < -0.39 is 23.1 Å². The van der Waals surface area contributed by atoms with E-state index in [1.165, 1.54) is 12.1 Å². The molecule has 20 heavy (non-hydrogen) atoms. The van der Waals surface area contributed by atoms with E-state index in [1.807, 2.05) is 20.8 Å². The van der Waals surface area contributed by atoms with Crippen LogP contribution in [0.1, 0.15) is 38.8 Å². The average molecular weight is 307 g/mol. The first-order chi connectivity index (χ1) is 8.75. The molecule has 3 N–H and O–H groups in total. The third-order valence-electron chi connectivity index (χ3n) is 2.82. The quantitative estimate of drug-likeness (QED) is 0.898. The van der Waals surface area contributed by atoms with Gasteiger partial charge in [0.05, 0.1) is 6.04 Å². The Labute approximate surface area is 124 Å². The molecule has 0 spiro atoms. The topological polar surface area (TPSA) is 55.1 Å². The Morgan fingerprint density at radius 2 is 1.95 bits per heavy atom. The van der Waals surface area contributed by atoms with E-state index in [-0.39, 0.29) is 36.8 Å². The molecule has 3 nitrogen and oxygen atoms in total. The normalized spacial score (nSPS) is 12.5. The molecule has 1 aromatic rings. The maximum absolute atomic E-state index is 13.9. The minimum atomic E-state index is -0.659. The van der Waals surface area contributed by atoms with E-state index in [9.17, 15) is 13.6 Å². The molecule has 1 unspecified atom stereocenters. The van der Waals surface area contributed by atoms with Crippen LogP contribution in [0.5, 0.6) is 0 Å². The van der Waals surface area contributed by atoms with Gasteiger partial charge < -0.3 is 11.1 Å². The van der Waals surface area contributed by atoms with Crippen molar-refractivity contribution in [2.24, 2.45) is 11.1 Å². The van der Waals surface area contributed by atoms with E-state index in [1.54, 1.807) is 0 Å². The zero-order valence-electron chi connectivity index (χ0n) is 11.9. The summed E-state index contributed by atoms with van der Waals surface area (Å²) < 4.78 is 26.8. The summed E-state index contributed by atoms with van der Waals surface area (Å²) in [6.07, 6.45) is 0.176. The highest BCUT2D eigenvalue weighted by atomic mass is 35.5. The highest BCUT2D eigenvalue weighted by Crippen LogP contribution is 2.34. The lowest BCUT2D eigenvalue weighted by Crippen LogP contribution is -2.37. The van der Waals surface area contributed by atoms with Crippen molar-refractivity contribution in [3.8, 4) is 0 Å². The van der Waals surface area contributed by atoms with Gasteiger partial charge in [-0.2, -0.15) is 0 Å². The second kappa shape index (κ2) is 7.55. The van der Waals surface area contributed by atoms with Gasteiger partial charge in [0.1, 0.15) is 11.6 Å². The predicted octanol–water partition coefficient (Wildman–Crippen LogP) is 2.94. The molecule has 0 aliphatic carbocycles. The number of hydrogen-bond donors (Lipinski definition) is 2. The molecule has 0 fully saturated rings. The van der Waals surface area contributed by atoms with Crippen molar-refractivity contribution in [3.05, 3.63) is 35.4 Å².